The van der Waals surface area contributed by atoms with Crippen molar-refractivity contribution in [2.45, 2.75) is 52.2 Å². The van der Waals surface area contributed by atoms with E-state index in [2.05, 4.69) is 5.32 Å². The van der Waals surface area contributed by atoms with E-state index in [1.54, 1.807) is 11.8 Å². The van der Waals surface area contributed by atoms with E-state index in [1.807, 2.05) is 56.3 Å². The molecule has 3 rings (SSSR count). The van der Waals surface area contributed by atoms with Crippen LogP contribution >= 0.6 is 0 Å². The molecule has 2 atom stereocenters. The van der Waals surface area contributed by atoms with Crippen molar-refractivity contribution in [1.29, 1.82) is 0 Å². The average Bonchev–Trinajstić information content (AvgIpc) is 3.26. The van der Waals surface area contributed by atoms with Crippen molar-refractivity contribution in [3.05, 3.63) is 48.0 Å². The summed E-state index contributed by atoms with van der Waals surface area (Å²) >= 11 is 0. The first-order valence-electron chi connectivity index (χ1n) is 10.6. The normalized spacial score (nSPS) is 15.8. The lowest BCUT2D eigenvalue weighted by Crippen LogP contribution is -2.48. The number of ether oxygens (including phenoxy) is 1. The highest BCUT2D eigenvalue weighted by molar-refractivity contribution is 5.92. The van der Waals surface area contributed by atoms with Gasteiger partial charge in [-0.15, -0.1) is 0 Å². The number of carbonyl (C=O) groups excluding carboxylic acids is 3. The SMILES string of the molecule is CC(C)[C@H](NC(=O)Cc1cccc2ccccc12)C(=O)O[C@H](C)C(=O)N1CCCC1. The lowest BCUT2D eigenvalue weighted by Gasteiger charge is -2.25. The summed E-state index contributed by atoms with van der Waals surface area (Å²) in [4.78, 5) is 39.6. The molecule has 1 heterocycles. The Morgan fingerprint density at radius 1 is 1.00 bits per heavy atom. The van der Waals surface area contributed by atoms with Crippen LogP contribution in [0.25, 0.3) is 10.8 Å². The van der Waals surface area contributed by atoms with Gasteiger partial charge in [0, 0.05) is 13.1 Å². The zero-order chi connectivity index (χ0) is 21.7. The fourth-order valence-electron chi connectivity index (χ4n) is 3.83. The first kappa shape index (κ1) is 21.8. The molecule has 1 aliphatic heterocycles. The van der Waals surface area contributed by atoms with Crippen LogP contribution in [-0.4, -0.2) is 47.9 Å². The molecule has 6 heteroatoms. The predicted molar refractivity (Wildman–Crippen MR) is 116 cm³/mol. The molecule has 2 aromatic carbocycles. The molecule has 0 saturated carbocycles. The van der Waals surface area contributed by atoms with Crippen LogP contribution in [0.4, 0.5) is 0 Å². The van der Waals surface area contributed by atoms with Crippen molar-refractivity contribution in [1.82, 2.24) is 10.2 Å². The number of hydrogen-bond acceptors (Lipinski definition) is 4. The molecule has 1 aliphatic rings. The number of benzene rings is 2. The Morgan fingerprint density at radius 2 is 1.67 bits per heavy atom. The number of likely N-dealkylation sites (tertiary alicyclic amines) is 1. The van der Waals surface area contributed by atoms with Crippen LogP contribution in [-0.2, 0) is 25.5 Å². The van der Waals surface area contributed by atoms with Crippen molar-refractivity contribution < 1.29 is 19.1 Å². The van der Waals surface area contributed by atoms with E-state index in [1.165, 1.54) is 0 Å². The highest BCUT2D eigenvalue weighted by atomic mass is 16.5. The third-order valence-corrected chi connectivity index (χ3v) is 5.53. The summed E-state index contributed by atoms with van der Waals surface area (Å²) in [6, 6.07) is 12.9. The summed E-state index contributed by atoms with van der Waals surface area (Å²) in [6.45, 7) is 6.69. The number of fused-ring (bicyclic) bond motifs is 1. The van der Waals surface area contributed by atoms with Gasteiger partial charge < -0.3 is 15.0 Å². The zero-order valence-electron chi connectivity index (χ0n) is 17.9. The Balaban J connectivity index is 1.63. The molecular formula is C24H30N2O4. The maximum atomic E-state index is 12.7. The number of esters is 1. The molecule has 0 radical (unpaired) electrons. The summed E-state index contributed by atoms with van der Waals surface area (Å²) in [6.07, 6.45) is 1.27. The average molecular weight is 411 g/mol. The molecule has 160 valence electrons. The molecule has 1 saturated heterocycles. The fourth-order valence-corrected chi connectivity index (χ4v) is 3.83. The fraction of sp³-hybridized carbons (Fsp3) is 0.458. The zero-order valence-corrected chi connectivity index (χ0v) is 17.9. The molecule has 0 spiro atoms. The van der Waals surface area contributed by atoms with E-state index in [9.17, 15) is 14.4 Å². The van der Waals surface area contributed by atoms with Gasteiger partial charge in [-0.05, 0) is 42.0 Å². The summed E-state index contributed by atoms with van der Waals surface area (Å²) < 4.78 is 5.42. The van der Waals surface area contributed by atoms with E-state index in [-0.39, 0.29) is 24.2 Å². The Bertz CT molecular complexity index is 913. The predicted octanol–water partition coefficient (Wildman–Crippen LogP) is 3.08. The third-order valence-electron chi connectivity index (χ3n) is 5.53. The summed E-state index contributed by atoms with van der Waals surface area (Å²) in [7, 11) is 0. The molecule has 30 heavy (non-hydrogen) atoms. The minimum absolute atomic E-state index is 0.164. The monoisotopic (exact) mass is 410 g/mol. The van der Waals surface area contributed by atoms with Crippen molar-refractivity contribution in [3.63, 3.8) is 0 Å². The van der Waals surface area contributed by atoms with E-state index >= 15 is 0 Å². The molecule has 2 aromatic rings. The minimum atomic E-state index is -0.855. The van der Waals surface area contributed by atoms with Crippen molar-refractivity contribution >= 4 is 28.6 Å². The Kier molecular flexibility index (Phi) is 7.08. The molecular weight excluding hydrogens is 380 g/mol. The highest BCUT2D eigenvalue weighted by Crippen LogP contribution is 2.19. The second kappa shape index (κ2) is 9.74. The second-order valence-electron chi connectivity index (χ2n) is 8.22. The van der Waals surface area contributed by atoms with Gasteiger partial charge in [-0.25, -0.2) is 4.79 Å². The lowest BCUT2D eigenvalue weighted by molar-refractivity contribution is -0.161. The second-order valence-corrected chi connectivity index (χ2v) is 8.22. The highest BCUT2D eigenvalue weighted by Gasteiger charge is 2.31. The van der Waals surface area contributed by atoms with Crippen molar-refractivity contribution in [2.24, 2.45) is 5.92 Å². The maximum Gasteiger partial charge on any atom is 0.329 e. The van der Waals surface area contributed by atoms with Crippen LogP contribution < -0.4 is 5.32 Å². The van der Waals surface area contributed by atoms with E-state index in [0.717, 1.165) is 29.2 Å². The van der Waals surface area contributed by atoms with Crippen LogP contribution in [0.2, 0.25) is 0 Å². The number of rotatable bonds is 7. The molecule has 1 fully saturated rings. The van der Waals surface area contributed by atoms with Gasteiger partial charge in [0.1, 0.15) is 6.04 Å². The van der Waals surface area contributed by atoms with Gasteiger partial charge >= 0.3 is 5.97 Å². The lowest BCUT2D eigenvalue weighted by atomic mass is 10.0. The molecule has 6 nitrogen and oxygen atoms in total. The number of amides is 2. The van der Waals surface area contributed by atoms with Crippen LogP contribution in [0.3, 0.4) is 0 Å². The summed E-state index contributed by atoms with van der Waals surface area (Å²) in [5, 5.41) is 4.89. The molecule has 0 aromatic heterocycles. The third kappa shape index (κ3) is 5.17. The van der Waals surface area contributed by atoms with Gasteiger partial charge in [0.2, 0.25) is 5.91 Å². The first-order valence-corrected chi connectivity index (χ1v) is 10.6. The van der Waals surface area contributed by atoms with Crippen LogP contribution in [0.5, 0.6) is 0 Å². The van der Waals surface area contributed by atoms with Crippen molar-refractivity contribution in [3.8, 4) is 0 Å². The maximum absolute atomic E-state index is 12.7. The standard InChI is InChI=1S/C24H30N2O4/c1-16(2)22(24(29)30-17(3)23(28)26-13-6-7-14-26)25-21(27)15-19-11-8-10-18-9-4-5-12-20(18)19/h4-5,8-12,16-17,22H,6-7,13-15H2,1-3H3,(H,25,27)/t17-,22+/m1/s1. The van der Waals surface area contributed by atoms with Gasteiger partial charge in [-0.2, -0.15) is 0 Å². The number of hydrogen-bond donors (Lipinski definition) is 1. The van der Waals surface area contributed by atoms with Crippen LogP contribution in [0.15, 0.2) is 42.5 Å². The molecule has 0 bridgehead atoms. The number of carbonyl (C=O) groups is 3. The Labute approximate surface area is 177 Å². The van der Waals surface area contributed by atoms with Gasteiger partial charge in [0.15, 0.2) is 6.10 Å². The summed E-state index contributed by atoms with van der Waals surface area (Å²) in [5.41, 5.74) is 0.902. The molecule has 2 amide bonds. The largest absolute Gasteiger partial charge is 0.451 e. The van der Waals surface area contributed by atoms with Crippen molar-refractivity contribution in [2.75, 3.05) is 13.1 Å². The topological polar surface area (TPSA) is 75.7 Å². The van der Waals surface area contributed by atoms with E-state index < -0.39 is 18.1 Å². The first-order chi connectivity index (χ1) is 14.4. The number of nitrogens with zero attached hydrogens (tertiary/aromatic N) is 1. The van der Waals surface area contributed by atoms with Gasteiger partial charge in [-0.1, -0.05) is 56.3 Å². The quantitative estimate of drug-likeness (QED) is 0.712. The summed E-state index contributed by atoms with van der Waals surface area (Å²) in [5.74, 6) is -1.16. The number of nitrogens with one attached hydrogen (secondary N) is 1. The van der Waals surface area contributed by atoms with E-state index in [0.29, 0.717) is 13.1 Å². The minimum Gasteiger partial charge on any atom is -0.451 e. The Hall–Kier alpha value is -2.89. The molecule has 0 aliphatic carbocycles. The smallest absolute Gasteiger partial charge is 0.329 e. The molecule has 0 unspecified atom stereocenters. The van der Waals surface area contributed by atoms with Gasteiger partial charge in [0.25, 0.3) is 5.91 Å². The van der Waals surface area contributed by atoms with Crippen LogP contribution in [0, 0.1) is 5.92 Å². The molecule has 1 N–H and O–H groups in total. The van der Waals surface area contributed by atoms with E-state index in [4.69, 9.17) is 4.74 Å². The Morgan fingerprint density at radius 3 is 2.37 bits per heavy atom. The van der Waals surface area contributed by atoms with Gasteiger partial charge in [-0.3, -0.25) is 9.59 Å². The van der Waals surface area contributed by atoms with Gasteiger partial charge in [0.05, 0.1) is 6.42 Å². The van der Waals surface area contributed by atoms with Crippen LogP contribution in [0.1, 0.15) is 39.2 Å².